The van der Waals surface area contributed by atoms with E-state index in [0.717, 1.165) is 17.9 Å². The smallest absolute Gasteiger partial charge is 0.311 e. The Morgan fingerprint density at radius 3 is 2.13 bits per heavy atom. The molecular weight excluding hydrogens is 292 g/mol. The van der Waals surface area contributed by atoms with Crippen LogP contribution in [0, 0.1) is 0 Å². The zero-order chi connectivity index (χ0) is 16.3. The lowest BCUT2D eigenvalue weighted by atomic mass is 10.3. The third-order valence-corrected chi connectivity index (χ3v) is 3.07. The third-order valence-electron chi connectivity index (χ3n) is 3.07. The number of hydrogen-bond donors (Lipinski definition) is 0. The molecule has 0 saturated carbocycles. The maximum absolute atomic E-state index is 11.8. The molecule has 23 heavy (non-hydrogen) atoms. The van der Waals surface area contributed by atoms with Gasteiger partial charge in [-0.3, -0.25) is 4.79 Å². The summed E-state index contributed by atoms with van der Waals surface area (Å²) in [6, 6.07) is 16.6. The largest absolute Gasteiger partial charge is 0.494 e. The highest BCUT2D eigenvalue weighted by molar-refractivity contribution is 5.72. The zero-order valence-corrected chi connectivity index (χ0v) is 13.4. The van der Waals surface area contributed by atoms with Crippen LogP contribution in [0.25, 0.3) is 0 Å². The second-order valence-electron chi connectivity index (χ2n) is 5.06. The summed E-state index contributed by atoms with van der Waals surface area (Å²) >= 11 is 0. The van der Waals surface area contributed by atoms with Gasteiger partial charge in [0.25, 0.3) is 0 Å². The maximum Gasteiger partial charge on any atom is 0.311 e. The number of hydrogen-bond acceptors (Lipinski definition) is 4. The van der Waals surface area contributed by atoms with Crippen LogP contribution in [0.5, 0.6) is 17.2 Å². The third kappa shape index (κ3) is 6.43. The molecular formula is C19H22O4. The van der Waals surface area contributed by atoms with Gasteiger partial charge in [0, 0.05) is 6.42 Å². The molecule has 0 aromatic heterocycles. The molecule has 2 rings (SSSR count). The van der Waals surface area contributed by atoms with Crippen LogP contribution in [0.4, 0.5) is 0 Å². The lowest BCUT2D eigenvalue weighted by Crippen LogP contribution is -2.10. The Balaban J connectivity index is 1.66. The number of para-hydroxylation sites is 1. The molecule has 0 bridgehead atoms. The lowest BCUT2D eigenvalue weighted by molar-refractivity contribution is -0.134. The highest BCUT2D eigenvalue weighted by Crippen LogP contribution is 2.18. The van der Waals surface area contributed by atoms with E-state index in [9.17, 15) is 4.79 Å². The Labute approximate surface area is 137 Å². The van der Waals surface area contributed by atoms with E-state index in [-0.39, 0.29) is 5.97 Å². The molecule has 0 aliphatic rings. The molecule has 4 nitrogen and oxygen atoms in total. The Bertz CT molecular complexity index is 578. The molecule has 0 radical (unpaired) electrons. The van der Waals surface area contributed by atoms with Crippen molar-refractivity contribution in [3.63, 3.8) is 0 Å². The van der Waals surface area contributed by atoms with Crippen molar-refractivity contribution in [3.05, 3.63) is 54.6 Å². The van der Waals surface area contributed by atoms with Crippen LogP contribution in [0.1, 0.15) is 26.2 Å². The molecule has 0 aliphatic heterocycles. The van der Waals surface area contributed by atoms with Crippen molar-refractivity contribution in [2.45, 2.75) is 26.2 Å². The SMILES string of the molecule is CCCOc1ccc(OC(=O)CCCOc2ccccc2)cc1. The van der Waals surface area contributed by atoms with Crippen molar-refractivity contribution in [2.24, 2.45) is 0 Å². The maximum atomic E-state index is 11.8. The van der Waals surface area contributed by atoms with Gasteiger partial charge >= 0.3 is 5.97 Å². The summed E-state index contributed by atoms with van der Waals surface area (Å²) in [7, 11) is 0. The minimum atomic E-state index is -0.260. The van der Waals surface area contributed by atoms with Gasteiger partial charge in [-0.1, -0.05) is 25.1 Å². The first-order chi connectivity index (χ1) is 11.3. The molecule has 0 unspecified atom stereocenters. The van der Waals surface area contributed by atoms with Gasteiger partial charge in [0.2, 0.25) is 0 Å². The van der Waals surface area contributed by atoms with Crippen molar-refractivity contribution in [2.75, 3.05) is 13.2 Å². The molecule has 4 heteroatoms. The van der Waals surface area contributed by atoms with Crippen molar-refractivity contribution in [3.8, 4) is 17.2 Å². The molecule has 2 aromatic carbocycles. The Hall–Kier alpha value is -2.49. The summed E-state index contributed by atoms with van der Waals surface area (Å²) in [5, 5.41) is 0. The van der Waals surface area contributed by atoms with Crippen molar-refractivity contribution in [1.82, 2.24) is 0 Å². The summed E-state index contributed by atoms with van der Waals surface area (Å²) in [5.74, 6) is 1.86. The average molecular weight is 314 g/mol. The van der Waals surface area contributed by atoms with Crippen molar-refractivity contribution in [1.29, 1.82) is 0 Å². The summed E-state index contributed by atoms with van der Waals surface area (Å²) in [6.45, 7) is 3.22. The first-order valence-corrected chi connectivity index (χ1v) is 7.89. The van der Waals surface area contributed by atoms with Crippen molar-refractivity contribution < 1.29 is 19.0 Å². The van der Waals surface area contributed by atoms with E-state index >= 15 is 0 Å². The normalized spacial score (nSPS) is 10.1. The van der Waals surface area contributed by atoms with Crippen LogP contribution in [0.15, 0.2) is 54.6 Å². The van der Waals surface area contributed by atoms with Crippen LogP contribution in [0.2, 0.25) is 0 Å². The van der Waals surface area contributed by atoms with Gasteiger partial charge in [-0.25, -0.2) is 0 Å². The minimum Gasteiger partial charge on any atom is -0.494 e. The first-order valence-electron chi connectivity index (χ1n) is 7.89. The number of benzene rings is 2. The Morgan fingerprint density at radius 1 is 0.826 bits per heavy atom. The predicted molar refractivity (Wildman–Crippen MR) is 89.0 cm³/mol. The van der Waals surface area contributed by atoms with E-state index in [2.05, 4.69) is 6.92 Å². The fourth-order valence-corrected chi connectivity index (χ4v) is 1.93. The standard InChI is InChI=1S/C19H22O4/c1-2-14-21-17-10-12-18(13-11-17)23-19(20)9-6-15-22-16-7-4-3-5-8-16/h3-5,7-8,10-13H,2,6,9,14-15H2,1H3. The molecule has 0 atom stereocenters. The molecule has 0 spiro atoms. The molecule has 0 fully saturated rings. The summed E-state index contributed by atoms with van der Waals surface area (Å²) < 4.78 is 16.3. The van der Waals surface area contributed by atoms with Gasteiger partial charge in [-0.2, -0.15) is 0 Å². The zero-order valence-electron chi connectivity index (χ0n) is 13.4. The van der Waals surface area contributed by atoms with Crippen molar-refractivity contribution >= 4 is 5.97 Å². The van der Waals surface area contributed by atoms with Gasteiger partial charge in [0.1, 0.15) is 17.2 Å². The summed E-state index contributed by atoms with van der Waals surface area (Å²) in [5.41, 5.74) is 0. The van der Waals surface area contributed by atoms with Crippen LogP contribution >= 0.6 is 0 Å². The van der Waals surface area contributed by atoms with E-state index in [1.807, 2.05) is 30.3 Å². The fraction of sp³-hybridized carbons (Fsp3) is 0.316. The van der Waals surface area contributed by atoms with Gasteiger partial charge in [-0.05, 0) is 49.2 Å². The van der Waals surface area contributed by atoms with E-state index in [0.29, 0.717) is 31.8 Å². The highest BCUT2D eigenvalue weighted by atomic mass is 16.5. The average Bonchev–Trinajstić information content (AvgIpc) is 2.59. The highest BCUT2D eigenvalue weighted by Gasteiger charge is 2.05. The fourth-order valence-electron chi connectivity index (χ4n) is 1.93. The second-order valence-corrected chi connectivity index (χ2v) is 5.06. The predicted octanol–water partition coefficient (Wildman–Crippen LogP) is 4.24. The van der Waals surface area contributed by atoms with Gasteiger partial charge < -0.3 is 14.2 Å². The van der Waals surface area contributed by atoms with Crippen LogP contribution in [0.3, 0.4) is 0 Å². The molecule has 0 amide bonds. The van der Waals surface area contributed by atoms with Crippen LogP contribution < -0.4 is 14.2 Å². The second kappa shape index (κ2) is 9.51. The van der Waals surface area contributed by atoms with Crippen LogP contribution in [-0.4, -0.2) is 19.2 Å². The number of carbonyl (C=O) groups is 1. The number of carbonyl (C=O) groups excluding carboxylic acids is 1. The summed E-state index contributed by atoms with van der Waals surface area (Å²) in [6.07, 6.45) is 1.90. The van der Waals surface area contributed by atoms with Crippen LogP contribution in [-0.2, 0) is 4.79 Å². The molecule has 0 N–H and O–H groups in total. The molecule has 2 aromatic rings. The quantitative estimate of drug-likeness (QED) is 0.394. The number of esters is 1. The summed E-state index contributed by atoms with van der Waals surface area (Å²) in [4.78, 5) is 11.8. The molecule has 0 saturated heterocycles. The lowest BCUT2D eigenvalue weighted by Gasteiger charge is -2.08. The Kier molecular flexibility index (Phi) is 6.98. The Morgan fingerprint density at radius 2 is 1.43 bits per heavy atom. The van der Waals surface area contributed by atoms with E-state index in [1.165, 1.54) is 0 Å². The van der Waals surface area contributed by atoms with Gasteiger partial charge in [0.05, 0.1) is 13.2 Å². The minimum absolute atomic E-state index is 0.260. The molecule has 0 aliphatic carbocycles. The number of rotatable bonds is 9. The topological polar surface area (TPSA) is 44.8 Å². The van der Waals surface area contributed by atoms with E-state index < -0.39 is 0 Å². The van der Waals surface area contributed by atoms with E-state index in [1.54, 1.807) is 24.3 Å². The first kappa shape index (κ1) is 16.9. The van der Waals surface area contributed by atoms with Gasteiger partial charge in [0.15, 0.2) is 0 Å². The molecule has 0 heterocycles. The monoisotopic (exact) mass is 314 g/mol. The van der Waals surface area contributed by atoms with E-state index in [4.69, 9.17) is 14.2 Å². The molecule has 122 valence electrons. The van der Waals surface area contributed by atoms with Gasteiger partial charge in [-0.15, -0.1) is 0 Å². The number of ether oxygens (including phenoxy) is 3.